The predicted octanol–water partition coefficient (Wildman–Crippen LogP) is 2.56. The largest absolute Gasteiger partial charge is 0.412 e. The highest BCUT2D eigenvalue weighted by molar-refractivity contribution is 5.70. The number of carbonyl (C=O) groups excluding carboxylic acids is 1. The minimum absolute atomic E-state index is 0.431. The van der Waals surface area contributed by atoms with Gasteiger partial charge >= 0.3 is 6.09 Å². The summed E-state index contributed by atoms with van der Waals surface area (Å²) in [5.74, 6) is 0.431. The van der Waals surface area contributed by atoms with E-state index in [0.717, 1.165) is 5.56 Å². The van der Waals surface area contributed by atoms with Crippen LogP contribution in [-0.2, 0) is 6.54 Å². The Morgan fingerprint density at radius 2 is 1.89 bits per heavy atom. The summed E-state index contributed by atoms with van der Waals surface area (Å²) in [5, 5.41) is 2.66. The number of amides is 1. The molecule has 2 aromatic carbocycles. The summed E-state index contributed by atoms with van der Waals surface area (Å²) >= 11 is 0. The molecular weight excluding hydrogens is 228 g/mol. The smallest absolute Gasteiger partial charge is 0.410 e. The Hall–Kier alpha value is -2.49. The number of anilines is 1. The van der Waals surface area contributed by atoms with E-state index in [1.165, 1.54) is 0 Å². The molecular formula is C14H14N2O2. The van der Waals surface area contributed by atoms with Crippen molar-refractivity contribution in [2.45, 2.75) is 6.54 Å². The van der Waals surface area contributed by atoms with Crippen molar-refractivity contribution >= 4 is 11.8 Å². The van der Waals surface area contributed by atoms with Crippen molar-refractivity contribution in [2.24, 2.45) is 0 Å². The predicted molar refractivity (Wildman–Crippen MR) is 70.2 cm³/mol. The number of hydrogen-bond donors (Lipinski definition) is 2. The fourth-order valence-electron chi connectivity index (χ4n) is 1.49. The van der Waals surface area contributed by atoms with Crippen LogP contribution in [-0.4, -0.2) is 6.09 Å². The Morgan fingerprint density at radius 3 is 2.61 bits per heavy atom. The Morgan fingerprint density at radius 1 is 1.11 bits per heavy atom. The van der Waals surface area contributed by atoms with Crippen LogP contribution in [0.5, 0.6) is 5.75 Å². The maximum atomic E-state index is 11.5. The van der Waals surface area contributed by atoms with E-state index in [9.17, 15) is 4.79 Å². The highest BCUT2D eigenvalue weighted by Gasteiger charge is 2.03. The first-order chi connectivity index (χ1) is 8.74. The van der Waals surface area contributed by atoms with Gasteiger partial charge in [-0.3, -0.25) is 0 Å². The molecule has 2 aromatic rings. The SMILES string of the molecule is Nc1cccc(OC(=O)NCc2ccccc2)c1. The number of rotatable bonds is 3. The number of nitrogens with one attached hydrogen (secondary N) is 1. The number of nitrogen functional groups attached to an aromatic ring is 1. The molecule has 3 N–H and O–H groups in total. The molecule has 0 aliphatic rings. The number of hydrogen-bond acceptors (Lipinski definition) is 3. The van der Waals surface area contributed by atoms with Crippen LogP contribution in [0, 0.1) is 0 Å². The average molecular weight is 242 g/mol. The maximum Gasteiger partial charge on any atom is 0.412 e. The van der Waals surface area contributed by atoms with E-state index in [4.69, 9.17) is 10.5 Å². The van der Waals surface area contributed by atoms with E-state index >= 15 is 0 Å². The summed E-state index contributed by atoms with van der Waals surface area (Å²) in [7, 11) is 0. The lowest BCUT2D eigenvalue weighted by Crippen LogP contribution is -2.26. The number of carbonyl (C=O) groups is 1. The van der Waals surface area contributed by atoms with Gasteiger partial charge in [0.2, 0.25) is 0 Å². The molecule has 0 heterocycles. The van der Waals surface area contributed by atoms with Crippen LogP contribution < -0.4 is 15.8 Å². The Bertz CT molecular complexity index is 526. The first-order valence-corrected chi connectivity index (χ1v) is 5.59. The van der Waals surface area contributed by atoms with Gasteiger partial charge in [0, 0.05) is 18.3 Å². The van der Waals surface area contributed by atoms with Gasteiger partial charge in [-0.25, -0.2) is 4.79 Å². The monoisotopic (exact) mass is 242 g/mol. The molecule has 0 saturated heterocycles. The molecule has 4 heteroatoms. The highest BCUT2D eigenvalue weighted by atomic mass is 16.6. The van der Waals surface area contributed by atoms with Crippen molar-refractivity contribution in [3.63, 3.8) is 0 Å². The third kappa shape index (κ3) is 3.52. The molecule has 0 atom stereocenters. The summed E-state index contributed by atoms with van der Waals surface area (Å²) < 4.78 is 5.09. The first kappa shape index (κ1) is 12.0. The van der Waals surface area contributed by atoms with Crippen LogP contribution in [0.25, 0.3) is 0 Å². The first-order valence-electron chi connectivity index (χ1n) is 5.59. The molecule has 0 aliphatic carbocycles. The third-order valence-electron chi connectivity index (χ3n) is 2.35. The fraction of sp³-hybridized carbons (Fsp3) is 0.0714. The molecule has 0 spiro atoms. The van der Waals surface area contributed by atoms with Crippen molar-refractivity contribution in [1.82, 2.24) is 5.32 Å². The van der Waals surface area contributed by atoms with Gasteiger partial charge in [0.05, 0.1) is 0 Å². The molecule has 18 heavy (non-hydrogen) atoms. The molecule has 0 aromatic heterocycles. The van der Waals surface area contributed by atoms with Gasteiger partial charge in [-0.15, -0.1) is 0 Å². The normalized spacial score (nSPS) is 9.78. The van der Waals surface area contributed by atoms with Crippen molar-refractivity contribution in [2.75, 3.05) is 5.73 Å². The van der Waals surface area contributed by atoms with E-state index < -0.39 is 6.09 Å². The number of ether oxygens (including phenoxy) is 1. The second-order valence-corrected chi connectivity index (χ2v) is 3.80. The van der Waals surface area contributed by atoms with Crippen molar-refractivity contribution in [1.29, 1.82) is 0 Å². The van der Waals surface area contributed by atoms with Gasteiger partial charge < -0.3 is 15.8 Å². The molecule has 1 amide bonds. The molecule has 0 saturated carbocycles. The zero-order chi connectivity index (χ0) is 12.8. The van der Waals surface area contributed by atoms with E-state index in [0.29, 0.717) is 18.0 Å². The zero-order valence-electron chi connectivity index (χ0n) is 9.80. The van der Waals surface area contributed by atoms with Crippen LogP contribution in [0.15, 0.2) is 54.6 Å². The molecule has 0 fully saturated rings. The molecule has 0 unspecified atom stereocenters. The number of nitrogens with two attached hydrogens (primary N) is 1. The van der Waals surface area contributed by atoms with Gasteiger partial charge in [0.25, 0.3) is 0 Å². The summed E-state index contributed by atoms with van der Waals surface area (Å²) in [5.41, 5.74) is 7.16. The topological polar surface area (TPSA) is 64.3 Å². The van der Waals surface area contributed by atoms with Crippen LogP contribution in [0.1, 0.15) is 5.56 Å². The second-order valence-electron chi connectivity index (χ2n) is 3.80. The van der Waals surface area contributed by atoms with Crippen LogP contribution in [0.4, 0.5) is 10.5 Å². The van der Waals surface area contributed by atoms with Crippen LogP contribution in [0.3, 0.4) is 0 Å². The van der Waals surface area contributed by atoms with E-state index in [2.05, 4.69) is 5.32 Å². The lowest BCUT2D eigenvalue weighted by Gasteiger charge is -2.07. The van der Waals surface area contributed by atoms with Crippen LogP contribution in [0.2, 0.25) is 0 Å². The maximum absolute atomic E-state index is 11.5. The quantitative estimate of drug-likeness (QED) is 0.813. The highest BCUT2D eigenvalue weighted by Crippen LogP contribution is 2.14. The summed E-state index contributed by atoms with van der Waals surface area (Å²) in [6.07, 6.45) is -0.496. The van der Waals surface area contributed by atoms with E-state index in [-0.39, 0.29) is 0 Å². The summed E-state index contributed by atoms with van der Waals surface area (Å²) in [4.78, 5) is 11.5. The molecule has 0 aliphatic heterocycles. The average Bonchev–Trinajstić information content (AvgIpc) is 2.38. The Labute approximate surface area is 105 Å². The zero-order valence-corrected chi connectivity index (χ0v) is 9.80. The third-order valence-corrected chi connectivity index (χ3v) is 2.35. The fourth-order valence-corrected chi connectivity index (χ4v) is 1.49. The summed E-state index contributed by atoms with van der Waals surface area (Å²) in [6, 6.07) is 16.4. The second kappa shape index (κ2) is 5.72. The van der Waals surface area contributed by atoms with Crippen molar-refractivity contribution < 1.29 is 9.53 Å². The lowest BCUT2D eigenvalue weighted by molar-refractivity contribution is 0.200. The minimum atomic E-state index is -0.496. The van der Waals surface area contributed by atoms with E-state index in [1.54, 1.807) is 24.3 Å². The minimum Gasteiger partial charge on any atom is -0.410 e. The van der Waals surface area contributed by atoms with Gasteiger partial charge in [-0.1, -0.05) is 36.4 Å². The molecule has 0 bridgehead atoms. The molecule has 4 nitrogen and oxygen atoms in total. The van der Waals surface area contributed by atoms with Gasteiger partial charge in [-0.2, -0.15) is 0 Å². The van der Waals surface area contributed by atoms with Gasteiger partial charge in [-0.05, 0) is 17.7 Å². The number of benzene rings is 2. The van der Waals surface area contributed by atoms with Crippen molar-refractivity contribution in [3.05, 3.63) is 60.2 Å². The summed E-state index contributed by atoms with van der Waals surface area (Å²) in [6.45, 7) is 0.433. The molecule has 2 rings (SSSR count). The van der Waals surface area contributed by atoms with Gasteiger partial charge in [0.15, 0.2) is 0 Å². The van der Waals surface area contributed by atoms with Crippen molar-refractivity contribution in [3.8, 4) is 5.75 Å². The van der Waals surface area contributed by atoms with Crippen LogP contribution >= 0.6 is 0 Å². The standard InChI is InChI=1S/C14H14N2O2/c15-12-7-4-8-13(9-12)18-14(17)16-10-11-5-2-1-3-6-11/h1-9H,10,15H2,(H,16,17). The van der Waals surface area contributed by atoms with E-state index in [1.807, 2.05) is 30.3 Å². The Kier molecular flexibility index (Phi) is 3.81. The molecule has 0 radical (unpaired) electrons. The Balaban J connectivity index is 1.86. The molecule has 92 valence electrons. The lowest BCUT2D eigenvalue weighted by atomic mass is 10.2. The van der Waals surface area contributed by atoms with Gasteiger partial charge in [0.1, 0.15) is 5.75 Å².